The molecule has 0 atom stereocenters. The van der Waals surface area contributed by atoms with Crippen molar-refractivity contribution in [3.63, 3.8) is 0 Å². The van der Waals surface area contributed by atoms with Crippen molar-refractivity contribution in [2.24, 2.45) is 0 Å². The van der Waals surface area contributed by atoms with Crippen LogP contribution in [0, 0.1) is 0 Å². The average Bonchev–Trinajstić information content (AvgIpc) is 2.43. The minimum atomic E-state index is 0.103. The highest BCUT2D eigenvalue weighted by Crippen LogP contribution is 2.19. The molecule has 0 unspecified atom stereocenters. The molecule has 2 rings (SSSR count). The van der Waals surface area contributed by atoms with Crippen LogP contribution in [-0.4, -0.2) is 28.1 Å². The highest BCUT2D eigenvalue weighted by atomic mass is 35.5. The minimum Gasteiger partial charge on any atom is -0.395 e. The van der Waals surface area contributed by atoms with Gasteiger partial charge in [-0.25, -0.2) is 4.98 Å². The van der Waals surface area contributed by atoms with E-state index in [-0.39, 0.29) is 6.61 Å². The highest BCUT2D eigenvalue weighted by Gasteiger charge is 2.10. The van der Waals surface area contributed by atoms with Crippen molar-refractivity contribution in [2.45, 2.75) is 13.1 Å². The standard InChI is InChI=1S/C15H16Cl2N2O/c16-14-7-6-13(15(17)18-14)11-19(8-9-20)10-12-4-2-1-3-5-12/h1-7,20H,8-11H2. The van der Waals surface area contributed by atoms with Gasteiger partial charge >= 0.3 is 0 Å². The zero-order chi connectivity index (χ0) is 14.4. The molecule has 5 heteroatoms. The molecular formula is C15H16Cl2N2O. The van der Waals surface area contributed by atoms with Crippen LogP contribution < -0.4 is 0 Å². The number of nitrogens with zero attached hydrogens (tertiary/aromatic N) is 2. The van der Waals surface area contributed by atoms with Crippen molar-refractivity contribution < 1.29 is 5.11 Å². The van der Waals surface area contributed by atoms with E-state index in [4.69, 9.17) is 23.2 Å². The number of aliphatic hydroxyl groups is 1. The van der Waals surface area contributed by atoms with Gasteiger partial charge in [0.25, 0.3) is 0 Å². The van der Waals surface area contributed by atoms with Crippen LogP contribution in [0.4, 0.5) is 0 Å². The molecule has 0 radical (unpaired) electrons. The summed E-state index contributed by atoms with van der Waals surface area (Å²) < 4.78 is 0. The molecular weight excluding hydrogens is 295 g/mol. The van der Waals surface area contributed by atoms with Crippen molar-refractivity contribution >= 4 is 23.2 Å². The smallest absolute Gasteiger partial charge is 0.135 e. The van der Waals surface area contributed by atoms with E-state index >= 15 is 0 Å². The Morgan fingerprint density at radius 2 is 1.75 bits per heavy atom. The quantitative estimate of drug-likeness (QED) is 0.831. The molecule has 106 valence electrons. The van der Waals surface area contributed by atoms with Gasteiger partial charge in [0.2, 0.25) is 0 Å². The Balaban J connectivity index is 2.09. The van der Waals surface area contributed by atoms with Gasteiger partial charge < -0.3 is 5.11 Å². The second-order valence-corrected chi connectivity index (χ2v) is 5.25. The number of pyridine rings is 1. The maximum Gasteiger partial charge on any atom is 0.135 e. The topological polar surface area (TPSA) is 36.4 Å². The molecule has 1 N–H and O–H groups in total. The number of aromatic nitrogens is 1. The Morgan fingerprint density at radius 3 is 2.40 bits per heavy atom. The first-order chi connectivity index (χ1) is 9.69. The lowest BCUT2D eigenvalue weighted by Gasteiger charge is -2.21. The van der Waals surface area contributed by atoms with Gasteiger partial charge in [-0.2, -0.15) is 0 Å². The first kappa shape index (κ1) is 15.3. The molecule has 20 heavy (non-hydrogen) atoms. The van der Waals surface area contributed by atoms with Gasteiger partial charge in [-0.15, -0.1) is 0 Å². The molecule has 0 aliphatic rings. The molecule has 3 nitrogen and oxygen atoms in total. The first-order valence-electron chi connectivity index (χ1n) is 6.37. The van der Waals surface area contributed by atoms with Crippen molar-refractivity contribution in [3.8, 4) is 0 Å². The van der Waals surface area contributed by atoms with Crippen LogP contribution in [0.15, 0.2) is 42.5 Å². The van der Waals surface area contributed by atoms with Gasteiger partial charge in [0.05, 0.1) is 6.61 Å². The number of benzene rings is 1. The summed E-state index contributed by atoms with van der Waals surface area (Å²) >= 11 is 11.9. The van der Waals surface area contributed by atoms with E-state index in [2.05, 4.69) is 22.0 Å². The molecule has 0 aliphatic carbocycles. The maximum atomic E-state index is 9.19. The lowest BCUT2D eigenvalue weighted by atomic mass is 10.2. The second kappa shape index (κ2) is 7.60. The van der Waals surface area contributed by atoms with Gasteiger partial charge in [0, 0.05) is 25.2 Å². The zero-order valence-corrected chi connectivity index (χ0v) is 12.5. The fraction of sp³-hybridized carbons (Fsp3) is 0.267. The largest absolute Gasteiger partial charge is 0.395 e. The van der Waals surface area contributed by atoms with Crippen LogP contribution in [0.2, 0.25) is 10.3 Å². The first-order valence-corrected chi connectivity index (χ1v) is 7.12. The van der Waals surface area contributed by atoms with Crippen LogP contribution in [-0.2, 0) is 13.1 Å². The molecule has 1 heterocycles. The molecule has 0 saturated carbocycles. The number of hydrogen-bond donors (Lipinski definition) is 1. The summed E-state index contributed by atoms with van der Waals surface area (Å²) in [5.74, 6) is 0. The van der Waals surface area contributed by atoms with E-state index in [1.807, 2.05) is 24.3 Å². The highest BCUT2D eigenvalue weighted by molar-refractivity contribution is 6.32. The molecule has 1 aromatic heterocycles. The molecule has 0 spiro atoms. The summed E-state index contributed by atoms with van der Waals surface area (Å²) in [5, 5.41) is 9.99. The average molecular weight is 311 g/mol. The predicted molar refractivity (Wildman–Crippen MR) is 81.9 cm³/mol. The van der Waals surface area contributed by atoms with Crippen LogP contribution in [0.25, 0.3) is 0 Å². The van der Waals surface area contributed by atoms with Gasteiger partial charge in [0.15, 0.2) is 0 Å². The summed E-state index contributed by atoms with van der Waals surface area (Å²) in [6, 6.07) is 13.7. The van der Waals surface area contributed by atoms with Crippen LogP contribution in [0.5, 0.6) is 0 Å². The lowest BCUT2D eigenvalue weighted by Crippen LogP contribution is -2.26. The SMILES string of the molecule is OCCN(Cc1ccccc1)Cc1ccc(Cl)nc1Cl. The van der Waals surface area contributed by atoms with E-state index < -0.39 is 0 Å². The van der Waals surface area contributed by atoms with Gasteiger partial charge in [-0.05, 0) is 11.6 Å². The lowest BCUT2D eigenvalue weighted by molar-refractivity contribution is 0.184. The molecule has 2 aromatic rings. The Labute approximate surface area is 128 Å². The van der Waals surface area contributed by atoms with E-state index in [1.54, 1.807) is 6.07 Å². The third-order valence-electron chi connectivity index (χ3n) is 2.95. The number of halogens is 2. The monoisotopic (exact) mass is 310 g/mol. The summed E-state index contributed by atoms with van der Waals surface area (Å²) in [6.07, 6.45) is 0. The van der Waals surface area contributed by atoms with E-state index in [0.29, 0.717) is 23.4 Å². The second-order valence-electron chi connectivity index (χ2n) is 4.50. The van der Waals surface area contributed by atoms with Crippen molar-refractivity contribution in [1.82, 2.24) is 9.88 Å². The Morgan fingerprint density at radius 1 is 1.00 bits per heavy atom. The van der Waals surface area contributed by atoms with Gasteiger partial charge in [0.1, 0.15) is 10.3 Å². The molecule has 0 amide bonds. The fourth-order valence-electron chi connectivity index (χ4n) is 2.00. The molecule has 1 aromatic carbocycles. The van der Waals surface area contributed by atoms with Crippen LogP contribution in [0.3, 0.4) is 0 Å². The van der Waals surface area contributed by atoms with Crippen molar-refractivity contribution in [2.75, 3.05) is 13.2 Å². The van der Waals surface area contributed by atoms with Crippen LogP contribution in [0.1, 0.15) is 11.1 Å². The summed E-state index contributed by atoms with van der Waals surface area (Å²) in [4.78, 5) is 6.15. The normalized spacial score (nSPS) is 11.0. The Kier molecular flexibility index (Phi) is 5.80. The molecule has 0 aliphatic heterocycles. The number of rotatable bonds is 6. The van der Waals surface area contributed by atoms with Crippen molar-refractivity contribution in [3.05, 3.63) is 63.9 Å². The summed E-state index contributed by atoms with van der Waals surface area (Å²) in [7, 11) is 0. The summed E-state index contributed by atoms with van der Waals surface area (Å²) in [5.41, 5.74) is 2.10. The van der Waals surface area contributed by atoms with Gasteiger partial charge in [-0.3, -0.25) is 4.90 Å². The number of aliphatic hydroxyl groups excluding tert-OH is 1. The zero-order valence-electron chi connectivity index (χ0n) is 11.0. The van der Waals surface area contributed by atoms with Gasteiger partial charge in [-0.1, -0.05) is 59.6 Å². The Hall–Kier alpha value is -1.13. The van der Waals surface area contributed by atoms with E-state index in [0.717, 1.165) is 12.1 Å². The Bertz CT molecular complexity index is 549. The predicted octanol–water partition coefficient (Wildman–Crippen LogP) is 3.38. The van der Waals surface area contributed by atoms with E-state index in [1.165, 1.54) is 5.56 Å². The summed E-state index contributed by atoms with van der Waals surface area (Å²) in [6.45, 7) is 2.05. The molecule has 0 saturated heterocycles. The van der Waals surface area contributed by atoms with Crippen LogP contribution >= 0.6 is 23.2 Å². The van der Waals surface area contributed by atoms with Crippen molar-refractivity contribution in [1.29, 1.82) is 0 Å². The molecule has 0 fully saturated rings. The fourth-order valence-corrected chi connectivity index (χ4v) is 2.40. The molecule has 0 bridgehead atoms. The third-order valence-corrected chi connectivity index (χ3v) is 3.49. The maximum absolute atomic E-state index is 9.19. The van der Waals surface area contributed by atoms with E-state index in [9.17, 15) is 5.11 Å². The number of hydrogen-bond acceptors (Lipinski definition) is 3. The minimum absolute atomic E-state index is 0.103. The third kappa shape index (κ3) is 4.46.